The predicted octanol–water partition coefficient (Wildman–Crippen LogP) is 2.75. The van der Waals surface area contributed by atoms with E-state index in [-0.39, 0.29) is 0 Å². The van der Waals surface area contributed by atoms with E-state index in [2.05, 4.69) is 34.0 Å². The molecule has 1 aromatic rings. The zero-order valence-corrected chi connectivity index (χ0v) is 12.1. The second-order valence-corrected chi connectivity index (χ2v) is 6.69. The van der Waals surface area contributed by atoms with Crippen LogP contribution in [0.5, 0.6) is 0 Å². The zero-order valence-electron chi connectivity index (χ0n) is 11.3. The molecule has 1 aliphatic carbocycles. The van der Waals surface area contributed by atoms with Crippen LogP contribution in [-0.4, -0.2) is 36.6 Å². The molecule has 18 heavy (non-hydrogen) atoms. The lowest BCUT2D eigenvalue weighted by Gasteiger charge is -2.29. The van der Waals surface area contributed by atoms with E-state index in [1.54, 1.807) is 0 Å². The molecule has 1 saturated heterocycles. The Labute approximate surface area is 114 Å². The van der Waals surface area contributed by atoms with E-state index in [0.29, 0.717) is 0 Å². The van der Waals surface area contributed by atoms with Gasteiger partial charge in [-0.05, 0) is 67.5 Å². The molecule has 0 bridgehead atoms. The number of hydrogen-bond acceptors (Lipinski definition) is 3. The van der Waals surface area contributed by atoms with Gasteiger partial charge in [-0.15, -0.1) is 0 Å². The van der Waals surface area contributed by atoms with E-state index >= 15 is 0 Å². The minimum Gasteiger partial charge on any atom is -0.312 e. The van der Waals surface area contributed by atoms with E-state index in [1.807, 2.05) is 11.3 Å². The van der Waals surface area contributed by atoms with Crippen LogP contribution >= 0.6 is 11.3 Å². The Hall–Kier alpha value is -0.380. The van der Waals surface area contributed by atoms with Crippen molar-refractivity contribution in [2.45, 2.75) is 44.7 Å². The third kappa shape index (κ3) is 3.14. The van der Waals surface area contributed by atoms with E-state index < -0.39 is 0 Å². The van der Waals surface area contributed by atoms with E-state index in [1.165, 1.54) is 50.9 Å². The fourth-order valence-corrected chi connectivity index (χ4v) is 3.69. The highest BCUT2D eigenvalue weighted by Crippen LogP contribution is 2.34. The largest absolute Gasteiger partial charge is 0.312 e. The standard InChI is InChI=1S/C15H24N2S/c1-12-4-7-16-15(14-2-3-14)10-17(12)8-5-13-6-9-18-11-13/h6,9,11-12,14-16H,2-5,7-8,10H2,1H3. The Morgan fingerprint density at radius 2 is 2.28 bits per heavy atom. The number of rotatable bonds is 4. The molecule has 2 aliphatic rings. The summed E-state index contributed by atoms with van der Waals surface area (Å²) in [5, 5.41) is 8.24. The van der Waals surface area contributed by atoms with E-state index in [4.69, 9.17) is 0 Å². The summed E-state index contributed by atoms with van der Waals surface area (Å²) in [4.78, 5) is 2.71. The quantitative estimate of drug-likeness (QED) is 0.899. The van der Waals surface area contributed by atoms with Crippen molar-refractivity contribution in [3.05, 3.63) is 22.4 Å². The van der Waals surface area contributed by atoms with E-state index in [9.17, 15) is 0 Å². The molecule has 1 saturated carbocycles. The first-order valence-corrected chi connectivity index (χ1v) is 8.26. The highest BCUT2D eigenvalue weighted by Gasteiger charge is 2.34. The van der Waals surface area contributed by atoms with Crippen molar-refractivity contribution in [1.29, 1.82) is 0 Å². The predicted molar refractivity (Wildman–Crippen MR) is 78.2 cm³/mol. The molecule has 0 spiro atoms. The lowest BCUT2D eigenvalue weighted by atomic mass is 10.1. The van der Waals surface area contributed by atoms with Crippen molar-refractivity contribution in [3.63, 3.8) is 0 Å². The molecule has 3 heteroatoms. The van der Waals surface area contributed by atoms with Crippen LogP contribution < -0.4 is 5.32 Å². The number of nitrogens with one attached hydrogen (secondary N) is 1. The molecule has 0 amide bonds. The molecule has 0 radical (unpaired) electrons. The van der Waals surface area contributed by atoms with Gasteiger partial charge in [0.05, 0.1) is 0 Å². The van der Waals surface area contributed by atoms with Crippen molar-refractivity contribution >= 4 is 11.3 Å². The molecule has 0 aromatic carbocycles. The first-order chi connectivity index (χ1) is 8.83. The van der Waals surface area contributed by atoms with Gasteiger partial charge < -0.3 is 5.32 Å². The molecule has 2 heterocycles. The summed E-state index contributed by atoms with van der Waals surface area (Å²) >= 11 is 1.82. The van der Waals surface area contributed by atoms with Gasteiger partial charge in [-0.2, -0.15) is 11.3 Å². The highest BCUT2D eigenvalue weighted by molar-refractivity contribution is 7.07. The molecular formula is C15H24N2S. The monoisotopic (exact) mass is 264 g/mol. The topological polar surface area (TPSA) is 15.3 Å². The molecule has 2 atom stereocenters. The number of thiophene rings is 1. The van der Waals surface area contributed by atoms with Crippen LogP contribution in [0.3, 0.4) is 0 Å². The van der Waals surface area contributed by atoms with Gasteiger partial charge >= 0.3 is 0 Å². The maximum atomic E-state index is 3.76. The maximum absolute atomic E-state index is 3.76. The van der Waals surface area contributed by atoms with Crippen molar-refractivity contribution in [2.75, 3.05) is 19.6 Å². The summed E-state index contributed by atoms with van der Waals surface area (Å²) in [5.41, 5.74) is 1.51. The number of hydrogen-bond donors (Lipinski definition) is 1. The zero-order chi connectivity index (χ0) is 12.4. The lowest BCUT2D eigenvalue weighted by Crippen LogP contribution is -2.42. The van der Waals surface area contributed by atoms with E-state index in [0.717, 1.165) is 18.0 Å². The Kier molecular flexibility index (Phi) is 4.02. The van der Waals surface area contributed by atoms with Gasteiger partial charge in [-0.1, -0.05) is 0 Å². The van der Waals surface area contributed by atoms with Gasteiger partial charge in [-0.3, -0.25) is 4.90 Å². The summed E-state index contributed by atoms with van der Waals surface area (Å²) in [5.74, 6) is 0.971. The average Bonchev–Trinajstić information content (AvgIpc) is 3.11. The molecule has 1 aromatic heterocycles. The van der Waals surface area contributed by atoms with Crippen LogP contribution in [0, 0.1) is 5.92 Å². The lowest BCUT2D eigenvalue weighted by molar-refractivity contribution is 0.201. The molecule has 2 nitrogen and oxygen atoms in total. The van der Waals surface area contributed by atoms with Crippen LogP contribution in [-0.2, 0) is 6.42 Å². The smallest absolute Gasteiger partial charge is 0.0223 e. The molecule has 2 unspecified atom stereocenters. The van der Waals surface area contributed by atoms with Crippen LogP contribution in [0.1, 0.15) is 31.7 Å². The summed E-state index contributed by atoms with van der Waals surface area (Å²) in [6, 6.07) is 3.77. The molecule has 2 fully saturated rings. The minimum atomic E-state index is 0.736. The maximum Gasteiger partial charge on any atom is 0.0223 e. The first kappa shape index (κ1) is 12.6. The molecule has 100 valence electrons. The highest BCUT2D eigenvalue weighted by atomic mass is 32.1. The normalized spacial score (nSPS) is 30.3. The van der Waals surface area contributed by atoms with Crippen molar-refractivity contribution in [2.24, 2.45) is 5.92 Å². The van der Waals surface area contributed by atoms with Gasteiger partial charge in [0.2, 0.25) is 0 Å². The van der Waals surface area contributed by atoms with Gasteiger partial charge in [-0.25, -0.2) is 0 Å². The van der Waals surface area contributed by atoms with Crippen LogP contribution in [0.4, 0.5) is 0 Å². The molecule has 3 rings (SSSR count). The van der Waals surface area contributed by atoms with Crippen molar-refractivity contribution in [3.8, 4) is 0 Å². The summed E-state index contributed by atoms with van der Waals surface area (Å²) < 4.78 is 0. The Morgan fingerprint density at radius 1 is 1.39 bits per heavy atom. The summed E-state index contributed by atoms with van der Waals surface area (Å²) in [6.07, 6.45) is 5.41. The molecule has 1 aliphatic heterocycles. The summed E-state index contributed by atoms with van der Waals surface area (Å²) in [7, 11) is 0. The Morgan fingerprint density at radius 3 is 3.00 bits per heavy atom. The second kappa shape index (κ2) is 5.72. The van der Waals surface area contributed by atoms with Crippen molar-refractivity contribution < 1.29 is 0 Å². The van der Waals surface area contributed by atoms with Gasteiger partial charge in [0, 0.05) is 25.2 Å². The first-order valence-electron chi connectivity index (χ1n) is 7.31. The van der Waals surface area contributed by atoms with Crippen LogP contribution in [0.2, 0.25) is 0 Å². The SMILES string of the molecule is CC1CCNC(C2CC2)CN1CCc1ccsc1. The van der Waals surface area contributed by atoms with Gasteiger partial charge in [0.25, 0.3) is 0 Å². The fourth-order valence-electron chi connectivity index (χ4n) is 2.99. The third-order valence-corrected chi connectivity index (χ3v) is 5.21. The van der Waals surface area contributed by atoms with Gasteiger partial charge in [0.15, 0.2) is 0 Å². The Bertz CT molecular complexity index is 359. The van der Waals surface area contributed by atoms with Crippen molar-refractivity contribution in [1.82, 2.24) is 10.2 Å². The van der Waals surface area contributed by atoms with Gasteiger partial charge in [0.1, 0.15) is 0 Å². The molecular weight excluding hydrogens is 240 g/mol. The second-order valence-electron chi connectivity index (χ2n) is 5.91. The molecule has 1 N–H and O–H groups in total. The minimum absolute atomic E-state index is 0.736. The van der Waals surface area contributed by atoms with Crippen LogP contribution in [0.25, 0.3) is 0 Å². The average molecular weight is 264 g/mol. The van der Waals surface area contributed by atoms with Crippen LogP contribution in [0.15, 0.2) is 16.8 Å². The fraction of sp³-hybridized carbons (Fsp3) is 0.733. The third-order valence-electron chi connectivity index (χ3n) is 4.48. The Balaban J connectivity index is 1.56. The summed E-state index contributed by atoms with van der Waals surface area (Å²) in [6.45, 7) is 6.08. The number of nitrogens with zero attached hydrogens (tertiary/aromatic N) is 1.